The number of halogens is 2. The molecule has 0 unspecified atom stereocenters. The molecular formula is C20H25Cl2NO3. The molecule has 0 aliphatic rings. The van der Waals surface area contributed by atoms with Gasteiger partial charge >= 0.3 is 0 Å². The molecule has 0 aliphatic carbocycles. The predicted molar refractivity (Wildman–Crippen MR) is 107 cm³/mol. The summed E-state index contributed by atoms with van der Waals surface area (Å²) in [6.45, 7) is 5.48. The highest BCUT2D eigenvalue weighted by atomic mass is 35.5. The molecule has 2 aromatic carbocycles. The third-order valence-corrected chi connectivity index (χ3v) is 4.55. The SMILES string of the molecule is CCOCCCNCc1cccc(OC)c1OCc1ccc(Cl)c(Cl)c1. The lowest BCUT2D eigenvalue weighted by molar-refractivity contribution is 0.144. The maximum absolute atomic E-state index is 6.07. The third kappa shape index (κ3) is 6.36. The molecule has 0 aliphatic heterocycles. The van der Waals surface area contributed by atoms with Crippen molar-refractivity contribution in [2.75, 3.05) is 26.9 Å². The second-order valence-electron chi connectivity index (χ2n) is 5.71. The fourth-order valence-corrected chi connectivity index (χ4v) is 2.80. The third-order valence-electron chi connectivity index (χ3n) is 3.81. The molecule has 0 saturated heterocycles. The molecule has 0 amide bonds. The Bertz CT molecular complexity index is 695. The minimum absolute atomic E-state index is 0.384. The first kappa shape index (κ1) is 20.8. The summed E-state index contributed by atoms with van der Waals surface area (Å²) in [7, 11) is 1.64. The van der Waals surface area contributed by atoms with E-state index in [1.54, 1.807) is 13.2 Å². The second kappa shape index (κ2) is 11.3. The largest absolute Gasteiger partial charge is 0.493 e. The molecule has 0 fully saturated rings. The normalized spacial score (nSPS) is 10.8. The van der Waals surface area contributed by atoms with Gasteiger partial charge in [0, 0.05) is 25.3 Å². The Balaban J connectivity index is 1.99. The van der Waals surface area contributed by atoms with E-state index in [1.165, 1.54) is 0 Å². The van der Waals surface area contributed by atoms with Crippen molar-refractivity contribution in [3.8, 4) is 11.5 Å². The maximum Gasteiger partial charge on any atom is 0.166 e. The van der Waals surface area contributed by atoms with Gasteiger partial charge in [-0.2, -0.15) is 0 Å². The molecule has 0 saturated carbocycles. The molecule has 0 bridgehead atoms. The minimum atomic E-state index is 0.384. The van der Waals surface area contributed by atoms with Crippen molar-refractivity contribution < 1.29 is 14.2 Å². The summed E-state index contributed by atoms with van der Waals surface area (Å²) in [4.78, 5) is 0. The Kier molecular flexibility index (Phi) is 9.06. The number of benzene rings is 2. The van der Waals surface area contributed by atoms with Gasteiger partial charge in [0.05, 0.1) is 17.2 Å². The molecule has 4 nitrogen and oxygen atoms in total. The number of nitrogens with one attached hydrogen (secondary N) is 1. The van der Waals surface area contributed by atoms with Gasteiger partial charge in [0.25, 0.3) is 0 Å². The van der Waals surface area contributed by atoms with E-state index >= 15 is 0 Å². The lowest BCUT2D eigenvalue weighted by Crippen LogP contribution is -2.17. The highest BCUT2D eigenvalue weighted by Crippen LogP contribution is 2.32. The molecule has 0 radical (unpaired) electrons. The summed E-state index contributed by atoms with van der Waals surface area (Å²) < 4.78 is 16.8. The summed E-state index contributed by atoms with van der Waals surface area (Å²) in [6.07, 6.45) is 0.970. The van der Waals surface area contributed by atoms with Gasteiger partial charge in [0.1, 0.15) is 6.61 Å². The van der Waals surface area contributed by atoms with Crippen molar-refractivity contribution >= 4 is 23.2 Å². The van der Waals surface area contributed by atoms with E-state index in [2.05, 4.69) is 5.32 Å². The van der Waals surface area contributed by atoms with E-state index in [1.807, 2.05) is 37.3 Å². The molecule has 2 aromatic rings. The first-order chi connectivity index (χ1) is 12.7. The van der Waals surface area contributed by atoms with E-state index in [9.17, 15) is 0 Å². The van der Waals surface area contributed by atoms with Gasteiger partial charge in [-0.15, -0.1) is 0 Å². The maximum atomic E-state index is 6.07. The summed E-state index contributed by atoms with van der Waals surface area (Å²) in [5.41, 5.74) is 1.99. The van der Waals surface area contributed by atoms with Crippen molar-refractivity contribution in [1.82, 2.24) is 5.32 Å². The van der Waals surface area contributed by atoms with Gasteiger partial charge in [-0.25, -0.2) is 0 Å². The molecule has 142 valence electrons. The number of hydrogen-bond acceptors (Lipinski definition) is 4. The van der Waals surface area contributed by atoms with Crippen LogP contribution in [0, 0.1) is 0 Å². The van der Waals surface area contributed by atoms with E-state index in [0.717, 1.165) is 43.1 Å². The average molecular weight is 398 g/mol. The van der Waals surface area contributed by atoms with E-state index in [-0.39, 0.29) is 0 Å². The smallest absolute Gasteiger partial charge is 0.166 e. The summed E-state index contributed by atoms with van der Waals surface area (Å²) in [5.74, 6) is 1.44. The number of methoxy groups -OCH3 is 1. The van der Waals surface area contributed by atoms with Crippen LogP contribution in [0.25, 0.3) is 0 Å². The van der Waals surface area contributed by atoms with Gasteiger partial charge in [-0.1, -0.05) is 41.4 Å². The van der Waals surface area contributed by atoms with E-state index in [4.69, 9.17) is 37.4 Å². The van der Waals surface area contributed by atoms with Gasteiger partial charge < -0.3 is 19.5 Å². The zero-order valence-electron chi connectivity index (χ0n) is 15.2. The highest BCUT2D eigenvalue weighted by molar-refractivity contribution is 6.42. The van der Waals surface area contributed by atoms with Crippen molar-refractivity contribution in [3.05, 3.63) is 57.6 Å². The minimum Gasteiger partial charge on any atom is -0.493 e. The lowest BCUT2D eigenvalue weighted by atomic mass is 10.1. The number of hydrogen-bond donors (Lipinski definition) is 1. The van der Waals surface area contributed by atoms with Crippen LogP contribution in [0.5, 0.6) is 11.5 Å². The summed E-state index contributed by atoms with van der Waals surface area (Å²) in [5, 5.41) is 4.46. The van der Waals surface area contributed by atoms with Gasteiger partial charge in [0.15, 0.2) is 11.5 Å². The van der Waals surface area contributed by atoms with E-state index in [0.29, 0.717) is 28.9 Å². The van der Waals surface area contributed by atoms with Crippen molar-refractivity contribution in [2.24, 2.45) is 0 Å². The van der Waals surface area contributed by atoms with Gasteiger partial charge in [0.2, 0.25) is 0 Å². The van der Waals surface area contributed by atoms with Crippen LogP contribution in [-0.4, -0.2) is 26.9 Å². The Morgan fingerprint density at radius 1 is 1.08 bits per heavy atom. The Hall–Kier alpha value is -1.46. The van der Waals surface area contributed by atoms with Crippen LogP contribution < -0.4 is 14.8 Å². The topological polar surface area (TPSA) is 39.7 Å². The number of rotatable bonds is 11. The monoisotopic (exact) mass is 397 g/mol. The molecule has 0 spiro atoms. The molecule has 0 aromatic heterocycles. The molecular weight excluding hydrogens is 373 g/mol. The second-order valence-corrected chi connectivity index (χ2v) is 6.53. The highest BCUT2D eigenvalue weighted by Gasteiger charge is 2.11. The summed E-state index contributed by atoms with van der Waals surface area (Å²) in [6, 6.07) is 11.4. The van der Waals surface area contributed by atoms with Crippen LogP contribution in [0.4, 0.5) is 0 Å². The van der Waals surface area contributed by atoms with Crippen LogP contribution in [0.15, 0.2) is 36.4 Å². The first-order valence-electron chi connectivity index (χ1n) is 8.66. The van der Waals surface area contributed by atoms with Crippen molar-refractivity contribution in [3.63, 3.8) is 0 Å². The van der Waals surface area contributed by atoms with E-state index < -0.39 is 0 Å². The van der Waals surface area contributed by atoms with Crippen molar-refractivity contribution in [1.29, 1.82) is 0 Å². The van der Waals surface area contributed by atoms with Crippen LogP contribution in [0.2, 0.25) is 10.0 Å². The van der Waals surface area contributed by atoms with Gasteiger partial charge in [-0.3, -0.25) is 0 Å². The quantitative estimate of drug-likeness (QED) is 0.535. The Morgan fingerprint density at radius 2 is 1.92 bits per heavy atom. The predicted octanol–water partition coefficient (Wildman–Crippen LogP) is 5.10. The van der Waals surface area contributed by atoms with Crippen molar-refractivity contribution in [2.45, 2.75) is 26.5 Å². The number of ether oxygens (including phenoxy) is 3. The van der Waals surface area contributed by atoms with Crippen LogP contribution >= 0.6 is 23.2 Å². The fraction of sp³-hybridized carbons (Fsp3) is 0.400. The zero-order chi connectivity index (χ0) is 18.8. The molecule has 6 heteroatoms. The molecule has 0 heterocycles. The van der Waals surface area contributed by atoms with Gasteiger partial charge in [-0.05, 0) is 43.7 Å². The molecule has 0 atom stereocenters. The summed E-state index contributed by atoms with van der Waals surface area (Å²) >= 11 is 12.0. The molecule has 1 N–H and O–H groups in total. The first-order valence-corrected chi connectivity index (χ1v) is 9.42. The fourth-order valence-electron chi connectivity index (χ4n) is 2.48. The molecule has 2 rings (SSSR count). The Morgan fingerprint density at radius 3 is 2.65 bits per heavy atom. The average Bonchev–Trinajstić information content (AvgIpc) is 2.65. The van der Waals surface area contributed by atoms with Crippen LogP contribution in [0.1, 0.15) is 24.5 Å². The molecule has 26 heavy (non-hydrogen) atoms. The number of para-hydroxylation sites is 1. The lowest BCUT2D eigenvalue weighted by Gasteiger charge is -2.16. The zero-order valence-corrected chi connectivity index (χ0v) is 16.7. The van der Waals surface area contributed by atoms with Crippen LogP contribution in [-0.2, 0) is 17.9 Å². The standard InChI is InChI=1S/C20H25Cl2NO3/c1-3-25-11-5-10-23-13-16-6-4-7-19(24-2)20(16)26-14-15-8-9-17(21)18(22)12-15/h4,6-9,12,23H,3,5,10-11,13-14H2,1-2H3. The Labute approximate surface area is 165 Å². The van der Waals surface area contributed by atoms with Crippen LogP contribution in [0.3, 0.4) is 0 Å².